The van der Waals surface area contributed by atoms with Crippen molar-refractivity contribution >= 4 is 19.9 Å². The normalized spacial score (nSPS) is 22.0. The Balaban J connectivity index is 1.71. The molecule has 128 valence electrons. The Morgan fingerprint density at radius 3 is 2.22 bits per heavy atom. The maximum atomic E-state index is 13.2. The van der Waals surface area contributed by atoms with Crippen LogP contribution in [0.1, 0.15) is 32.1 Å². The van der Waals surface area contributed by atoms with Crippen molar-refractivity contribution in [3.8, 4) is 0 Å². The van der Waals surface area contributed by atoms with E-state index in [9.17, 15) is 21.2 Å². The number of sulfone groups is 1. The molecule has 1 saturated heterocycles. The average Bonchev–Trinajstić information content (AvgIpc) is 2.46. The summed E-state index contributed by atoms with van der Waals surface area (Å²) in [6, 6.07) is 4.78. The molecule has 5 nitrogen and oxygen atoms in total. The van der Waals surface area contributed by atoms with Gasteiger partial charge in [-0.1, -0.05) is 25.3 Å². The summed E-state index contributed by atoms with van der Waals surface area (Å²) in [7, 11) is -7.11. The number of hydrogen-bond donors (Lipinski definition) is 0. The highest BCUT2D eigenvalue weighted by molar-refractivity contribution is 7.93. The SMILES string of the molecule is O=S(=O)(C1CCCCC1)C1CN(S(=O)(=O)c2cccc(F)c2)C1. The minimum Gasteiger partial charge on any atom is -0.228 e. The van der Waals surface area contributed by atoms with Gasteiger partial charge in [0.05, 0.1) is 15.4 Å². The monoisotopic (exact) mass is 361 g/mol. The van der Waals surface area contributed by atoms with Gasteiger partial charge in [0.2, 0.25) is 10.0 Å². The highest BCUT2D eigenvalue weighted by Gasteiger charge is 2.46. The zero-order chi connectivity index (χ0) is 16.7. The van der Waals surface area contributed by atoms with Gasteiger partial charge in [-0.05, 0) is 31.0 Å². The quantitative estimate of drug-likeness (QED) is 0.822. The van der Waals surface area contributed by atoms with Gasteiger partial charge in [-0.25, -0.2) is 21.2 Å². The first-order valence-electron chi connectivity index (χ1n) is 7.80. The molecule has 1 aromatic rings. The van der Waals surface area contributed by atoms with Crippen molar-refractivity contribution in [3.63, 3.8) is 0 Å². The zero-order valence-corrected chi connectivity index (χ0v) is 14.3. The Morgan fingerprint density at radius 2 is 1.61 bits per heavy atom. The van der Waals surface area contributed by atoms with Gasteiger partial charge in [-0.3, -0.25) is 0 Å². The molecule has 2 fully saturated rings. The Kier molecular flexibility index (Phi) is 4.50. The summed E-state index contributed by atoms with van der Waals surface area (Å²) in [5.74, 6) is -0.627. The fourth-order valence-electron chi connectivity index (χ4n) is 3.25. The molecule has 0 aromatic heterocycles. The first kappa shape index (κ1) is 16.9. The fourth-order valence-corrected chi connectivity index (χ4v) is 7.31. The van der Waals surface area contributed by atoms with E-state index in [0.717, 1.165) is 29.6 Å². The van der Waals surface area contributed by atoms with Crippen LogP contribution < -0.4 is 0 Å². The minimum atomic E-state index is -3.82. The average molecular weight is 361 g/mol. The molecular formula is C15H20FNO4S2. The molecule has 1 saturated carbocycles. The summed E-state index contributed by atoms with van der Waals surface area (Å²) < 4.78 is 64.2. The lowest BCUT2D eigenvalue weighted by molar-refractivity contribution is 0.306. The molecular weight excluding hydrogens is 341 g/mol. The molecule has 0 radical (unpaired) electrons. The van der Waals surface area contributed by atoms with Gasteiger partial charge in [0.25, 0.3) is 0 Å². The molecule has 0 unspecified atom stereocenters. The van der Waals surface area contributed by atoms with Crippen molar-refractivity contribution in [3.05, 3.63) is 30.1 Å². The second-order valence-corrected chi connectivity index (χ2v) is 10.7. The van der Waals surface area contributed by atoms with E-state index in [1.807, 2.05) is 0 Å². The molecule has 8 heteroatoms. The predicted molar refractivity (Wildman–Crippen MR) is 84.7 cm³/mol. The Labute approximate surface area is 136 Å². The van der Waals surface area contributed by atoms with E-state index in [0.29, 0.717) is 12.8 Å². The van der Waals surface area contributed by atoms with Crippen molar-refractivity contribution in [2.24, 2.45) is 0 Å². The maximum absolute atomic E-state index is 13.2. The van der Waals surface area contributed by atoms with Crippen LogP contribution in [0.25, 0.3) is 0 Å². The molecule has 23 heavy (non-hydrogen) atoms. The van der Waals surface area contributed by atoms with E-state index in [1.165, 1.54) is 18.2 Å². The van der Waals surface area contributed by atoms with Gasteiger partial charge in [-0.15, -0.1) is 0 Å². The van der Waals surface area contributed by atoms with Gasteiger partial charge in [-0.2, -0.15) is 4.31 Å². The molecule has 0 amide bonds. The third-order valence-corrected chi connectivity index (χ3v) is 9.19. The van der Waals surface area contributed by atoms with Crippen LogP contribution in [0.2, 0.25) is 0 Å². The number of benzene rings is 1. The number of rotatable bonds is 4. The van der Waals surface area contributed by atoms with Crippen LogP contribution in [0.5, 0.6) is 0 Å². The molecule has 0 atom stereocenters. The van der Waals surface area contributed by atoms with Crippen molar-refractivity contribution in [2.75, 3.05) is 13.1 Å². The van der Waals surface area contributed by atoms with Gasteiger partial charge < -0.3 is 0 Å². The second-order valence-electron chi connectivity index (χ2n) is 6.25. The number of sulfonamides is 1. The first-order chi connectivity index (χ1) is 10.8. The lowest BCUT2D eigenvalue weighted by Crippen LogP contribution is -2.58. The number of hydrogen-bond acceptors (Lipinski definition) is 4. The highest BCUT2D eigenvalue weighted by atomic mass is 32.2. The summed E-state index contributed by atoms with van der Waals surface area (Å²) in [4.78, 5) is -0.133. The van der Waals surface area contributed by atoms with E-state index in [2.05, 4.69) is 0 Å². The van der Waals surface area contributed by atoms with Gasteiger partial charge in [0.1, 0.15) is 5.82 Å². The first-order valence-corrected chi connectivity index (χ1v) is 10.9. The summed E-state index contributed by atoms with van der Waals surface area (Å²) in [6.45, 7) is -0.0602. The molecule has 1 aromatic carbocycles. The van der Waals surface area contributed by atoms with Crippen molar-refractivity contribution < 1.29 is 21.2 Å². The summed E-state index contributed by atoms with van der Waals surface area (Å²) in [5.41, 5.74) is 0. The third-order valence-electron chi connectivity index (χ3n) is 4.73. The van der Waals surface area contributed by atoms with Crippen LogP contribution in [0.15, 0.2) is 29.2 Å². The van der Waals surface area contributed by atoms with Gasteiger partial charge in [0, 0.05) is 13.1 Å². The summed E-state index contributed by atoms with van der Waals surface area (Å²) >= 11 is 0. The summed E-state index contributed by atoms with van der Waals surface area (Å²) in [6.07, 6.45) is 4.26. The smallest absolute Gasteiger partial charge is 0.228 e. The van der Waals surface area contributed by atoms with Crippen LogP contribution in [-0.4, -0.2) is 44.7 Å². The zero-order valence-electron chi connectivity index (χ0n) is 12.7. The fraction of sp³-hybridized carbons (Fsp3) is 0.600. The van der Waals surface area contributed by atoms with Crippen LogP contribution in [0, 0.1) is 5.82 Å². The summed E-state index contributed by atoms with van der Waals surface area (Å²) in [5, 5.41) is -0.964. The van der Waals surface area contributed by atoms with Crippen LogP contribution in [-0.2, 0) is 19.9 Å². The van der Waals surface area contributed by atoms with E-state index >= 15 is 0 Å². The molecule has 0 bridgehead atoms. The second kappa shape index (κ2) is 6.14. The molecule has 1 aliphatic carbocycles. The van der Waals surface area contributed by atoms with E-state index < -0.39 is 30.9 Å². The topological polar surface area (TPSA) is 71.5 Å². The Morgan fingerprint density at radius 1 is 0.957 bits per heavy atom. The lowest BCUT2D eigenvalue weighted by Gasteiger charge is -2.39. The van der Waals surface area contributed by atoms with Crippen LogP contribution in [0.3, 0.4) is 0 Å². The van der Waals surface area contributed by atoms with E-state index in [-0.39, 0.29) is 23.2 Å². The maximum Gasteiger partial charge on any atom is 0.243 e. The van der Waals surface area contributed by atoms with Crippen molar-refractivity contribution in [2.45, 2.75) is 47.5 Å². The molecule has 0 N–H and O–H groups in total. The van der Waals surface area contributed by atoms with Gasteiger partial charge in [0.15, 0.2) is 9.84 Å². The van der Waals surface area contributed by atoms with Crippen LogP contribution in [0.4, 0.5) is 4.39 Å². The third kappa shape index (κ3) is 3.16. The Bertz CT molecular complexity index is 779. The number of nitrogens with zero attached hydrogens (tertiary/aromatic N) is 1. The minimum absolute atomic E-state index is 0.0301. The van der Waals surface area contributed by atoms with Crippen molar-refractivity contribution in [1.29, 1.82) is 0 Å². The van der Waals surface area contributed by atoms with Crippen LogP contribution >= 0.6 is 0 Å². The molecule has 2 aliphatic rings. The van der Waals surface area contributed by atoms with E-state index in [4.69, 9.17) is 0 Å². The lowest BCUT2D eigenvalue weighted by atomic mass is 10.0. The standard InChI is InChI=1S/C15H20FNO4S2/c16-12-5-4-8-14(9-12)23(20,21)17-10-15(11-17)22(18,19)13-6-2-1-3-7-13/h4-5,8-9,13,15H,1-3,6-7,10-11H2. The van der Waals surface area contributed by atoms with Crippen molar-refractivity contribution in [1.82, 2.24) is 4.31 Å². The molecule has 1 aliphatic heterocycles. The Hall–Kier alpha value is -0.990. The predicted octanol–water partition coefficient (Wildman–Crippen LogP) is 1.95. The molecule has 3 rings (SSSR count). The van der Waals surface area contributed by atoms with E-state index in [1.54, 1.807) is 0 Å². The molecule has 1 heterocycles. The highest BCUT2D eigenvalue weighted by Crippen LogP contribution is 2.32. The van der Waals surface area contributed by atoms with Gasteiger partial charge >= 0.3 is 0 Å². The molecule has 0 spiro atoms. The largest absolute Gasteiger partial charge is 0.243 e. The number of halogens is 1.